The molecule has 25 heavy (non-hydrogen) atoms. The fraction of sp³-hybridized carbons (Fsp3) is 0.294. The van der Waals surface area contributed by atoms with Crippen LogP contribution in [0.15, 0.2) is 36.4 Å². The minimum Gasteiger partial charge on any atom is -0.496 e. The molecule has 0 heterocycles. The van der Waals surface area contributed by atoms with Crippen LogP contribution in [-0.4, -0.2) is 27.7 Å². The normalized spacial score (nSPS) is 12.4. The molecule has 2 aromatic rings. The van der Waals surface area contributed by atoms with E-state index in [1.165, 1.54) is 45.6 Å². The van der Waals surface area contributed by atoms with E-state index in [-0.39, 0.29) is 5.75 Å². The van der Waals surface area contributed by atoms with Gasteiger partial charge in [0.15, 0.2) is 0 Å². The second-order valence-corrected chi connectivity index (χ2v) is 5.04. The molecule has 136 valence electrons. The molecule has 0 aliphatic heterocycles. The smallest absolute Gasteiger partial charge is 0.496 e. The third kappa shape index (κ3) is 4.48. The van der Waals surface area contributed by atoms with E-state index in [4.69, 9.17) is 19.9 Å². The molecule has 0 aliphatic carbocycles. The quantitative estimate of drug-likeness (QED) is 0.855. The van der Waals surface area contributed by atoms with E-state index in [1.54, 1.807) is 12.1 Å². The Morgan fingerprint density at radius 3 is 1.76 bits per heavy atom. The van der Waals surface area contributed by atoms with Crippen LogP contribution in [0.1, 0.15) is 17.2 Å². The third-order valence-electron chi connectivity index (χ3n) is 3.54. The fourth-order valence-electron chi connectivity index (χ4n) is 2.38. The highest BCUT2D eigenvalue weighted by molar-refractivity contribution is 5.55. The molecule has 0 radical (unpaired) electrons. The van der Waals surface area contributed by atoms with E-state index < -0.39 is 12.4 Å². The van der Waals surface area contributed by atoms with Crippen molar-refractivity contribution < 1.29 is 32.1 Å². The number of ether oxygens (including phenoxy) is 4. The summed E-state index contributed by atoms with van der Waals surface area (Å²) in [7, 11) is 4.46. The molecule has 2 rings (SSSR count). The maximum Gasteiger partial charge on any atom is 0.573 e. The van der Waals surface area contributed by atoms with Crippen molar-refractivity contribution in [2.45, 2.75) is 12.4 Å². The number of alkyl halides is 3. The van der Waals surface area contributed by atoms with Gasteiger partial charge in [-0.25, -0.2) is 0 Å². The van der Waals surface area contributed by atoms with Gasteiger partial charge in [0.05, 0.1) is 32.9 Å². The average Bonchev–Trinajstić information content (AvgIpc) is 2.59. The molecular weight excluding hydrogens is 339 g/mol. The van der Waals surface area contributed by atoms with Crippen LogP contribution in [0.3, 0.4) is 0 Å². The molecule has 0 amide bonds. The summed E-state index contributed by atoms with van der Waals surface area (Å²) in [4.78, 5) is 0. The maximum atomic E-state index is 12.2. The van der Waals surface area contributed by atoms with Crippen LogP contribution in [-0.2, 0) is 0 Å². The number of halogens is 3. The first-order valence-corrected chi connectivity index (χ1v) is 7.20. The molecular formula is C17H18F3NO4. The molecule has 2 aromatic carbocycles. The van der Waals surface area contributed by atoms with Gasteiger partial charge in [-0.1, -0.05) is 12.1 Å². The molecule has 2 N–H and O–H groups in total. The van der Waals surface area contributed by atoms with Gasteiger partial charge in [0.25, 0.3) is 0 Å². The van der Waals surface area contributed by atoms with Crippen molar-refractivity contribution in [3.8, 4) is 23.0 Å². The van der Waals surface area contributed by atoms with Crippen molar-refractivity contribution in [3.05, 3.63) is 47.5 Å². The van der Waals surface area contributed by atoms with Crippen LogP contribution in [0.2, 0.25) is 0 Å². The lowest BCUT2D eigenvalue weighted by molar-refractivity contribution is -0.274. The molecule has 0 saturated carbocycles. The summed E-state index contributed by atoms with van der Waals surface area (Å²) in [6.07, 6.45) is -4.74. The zero-order valence-electron chi connectivity index (χ0n) is 13.9. The average molecular weight is 357 g/mol. The lowest BCUT2D eigenvalue weighted by atomic mass is 9.97. The Morgan fingerprint density at radius 1 is 0.840 bits per heavy atom. The Kier molecular flexibility index (Phi) is 5.63. The molecule has 0 unspecified atom stereocenters. The second kappa shape index (κ2) is 7.52. The summed E-state index contributed by atoms with van der Waals surface area (Å²) >= 11 is 0. The van der Waals surface area contributed by atoms with Crippen LogP contribution < -0.4 is 24.7 Å². The van der Waals surface area contributed by atoms with Crippen LogP contribution in [0.25, 0.3) is 0 Å². The van der Waals surface area contributed by atoms with Crippen LogP contribution in [0.4, 0.5) is 13.2 Å². The number of benzene rings is 2. The highest BCUT2D eigenvalue weighted by Gasteiger charge is 2.31. The Labute approximate surface area is 143 Å². The first-order chi connectivity index (χ1) is 11.8. The van der Waals surface area contributed by atoms with Gasteiger partial charge in [-0.3, -0.25) is 0 Å². The van der Waals surface area contributed by atoms with E-state index in [1.807, 2.05) is 0 Å². The van der Waals surface area contributed by atoms with Crippen molar-refractivity contribution in [1.82, 2.24) is 0 Å². The van der Waals surface area contributed by atoms with Gasteiger partial charge in [0.2, 0.25) is 0 Å². The zero-order chi connectivity index (χ0) is 18.6. The monoisotopic (exact) mass is 357 g/mol. The molecule has 0 aliphatic rings. The van der Waals surface area contributed by atoms with Gasteiger partial charge in [0, 0.05) is 12.1 Å². The topological polar surface area (TPSA) is 62.9 Å². The van der Waals surface area contributed by atoms with Crippen molar-refractivity contribution in [2.24, 2.45) is 5.73 Å². The minimum atomic E-state index is -4.74. The minimum absolute atomic E-state index is 0.322. The number of hydrogen-bond donors (Lipinski definition) is 1. The largest absolute Gasteiger partial charge is 0.573 e. The van der Waals surface area contributed by atoms with Gasteiger partial charge >= 0.3 is 6.36 Å². The van der Waals surface area contributed by atoms with Gasteiger partial charge in [-0.05, 0) is 17.7 Å². The predicted molar refractivity (Wildman–Crippen MR) is 85.3 cm³/mol. The molecule has 0 aromatic heterocycles. The molecule has 8 heteroatoms. The SMILES string of the molecule is COc1cc(OC)c([C@@H](N)c2ccc(OC(F)(F)F)cc2)c(OC)c1. The first kappa shape index (κ1) is 18.7. The zero-order valence-corrected chi connectivity index (χ0v) is 13.9. The van der Waals surface area contributed by atoms with Gasteiger partial charge < -0.3 is 24.7 Å². The summed E-state index contributed by atoms with van der Waals surface area (Å²) in [5.74, 6) is 1.09. The predicted octanol–water partition coefficient (Wildman–Crippen LogP) is 3.66. The summed E-state index contributed by atoms with van der Waals surface area (Å²) in [6, 6.07) is 7.92. The number of methoxy groups -OCH3 is 3. The van der Waals surface area contributed by atoms with E-state index in [0.29, 0.717) is 28.4 Å². The third-order valence-corrected chi connectivity index (χ3v) is 3.54. The van der Waals surface area contributed by atoms with E-state index in [9.17, 15) is 13.2 Å². The first-order valence-electron chi connectivity index (χ1n) is 7.20. The Hall–Kier alpha value is -2.61. The van der Waals surface area contributed by atoms with Crippen molar-refractivity contribution >= 4 is 0 Å². The Balaban J connectivity index is 2.38. The van der Waals surface area contributed by atoms with Crippen LogP contribution in [0, 0.1) is 0 Å². The van der Waals surface area contributed by atoms with Crippen molar-refractivity contribution in [1.29, 1.82) is 0 Å². The fourth-order valence-corrected chi connectivity index (χ4v) is 2.38. The second-order valence-electron chi connectivity index (χ2n) is 5.04. The molecule has 5 nitrogen and oxygen atoms in total. The van der Waals surface area contributed by atoms with Gasteiger partial charge in [-0.15, -0.1) is 13.2 Å². The summed E-state index contributed by atoms with van der Waals surface area (Å²) in [5.41, 5.74) is 7.39. The number of hydrogen-bond acceptors (Lipinski definition) is 5. The highest BCUT2D eigenvalue weighted by atomic mass is 19.4. The highest BCUT2D eigenvalue weighted by Crippen LogP contribution is 2.40. The standard InChI is InChI=1S/C17H18F3NO4/c1-22-12-8-13(23-2)15(14(9-12)24-3)16(21)10-4-6-11(7-5-10)25-17(18,19)20/h4-9,16H,21H2,1-3H3/t16-/m0/s1. The lowest BCUT2D eigenvalue weighted by Crippen LogP contribution is -2.17. The number of rotatable bonds is 6. The molecule has 0 saturated heterocycles. The van der Waals surface area contributed by atoms with Gasteiger partial charge in [-0.2, -0.15) is 0 Å². The number of nitrogens with two attached hydrogens (primary N) is 1. The Bertz CT molecular complexity index is 692. The Morgan fingerprint density at radius 2 is 1.36 bits per heavy atom. The molecule has 0 spiro atoms. The van der Waals surface area contributed by atoms with E-state index in [0.717, 1.165) is 0 Å². The summed E-state index contributed by atoms with van der Waals surface area (Å²) < 4.78 is 56.5. The van der Waals surface area contributed by atoms with Crippen LogP contribution >= 0.6 is 0 Å². The van der Waals surface area contributed by atoms with E-state index >= 15 is 0 Å². The van der Waals surface area contributed by atoms with E-state index in [2.05, 4.69) is 4.74 Å². The van der Waals surface area contributed by atoms with Crippen LogP contribution in [0.5, 0.6) is 23.0 Å². The summed E-state index contributed by atoms with van der Waals surface area (Å²) in [5, 5.41) is 0. The molecule has 1 atom stereocenters. The van der Waals surface area contributed by atoms with Gasteiger partial charge in [0.1, 0.15) is 23.0 Å². The van der Waals surface area contributed by atoms with Crippen molar-refractivity contribution in [3.63, 3.8) is 0 Å². The maximum absolute atomic E-state index is 12.2. The molecule has 0 bridgehead atoms. The van der Waals surface area contributed by atoms with Crippen molar-refractivity contribution in [2.75, 3.05) is 21.3 Å². The molecule has 0 fully saturated rings. The lowest BCUT2D eigenvalue weighted by Gasteiger charge is -2.20. The summed E-state index contributed by atoms with van der Waals surface area (Å²) in [6.45, 7) is 0.